The van der Waals surface area contributed by atoms with E-state index in [9.17, 15) is 0 Å². The lowest BCUT2D eigenvalue weighted by molar-refractivity contribution is -0.00621. The van der Waals surface area contributed by atoms with Crippen molar-refractivity contribution in [1.29, 1.82) is 0 Å². The molecule has 21 heavy (non-hydrogen) atoms. The molecule has 0 saturated carbocycles. The van der Waals surface area contributed by atoms with Gasteiger partial charge in [-0.15, -0.1) is 0 Å². The zero-order chi connectivity index (χ0) is 14.1. The van der Waals surface area contributed by atoms with Crippen molar-refractivity contribution in [2.24, 2.45) is 0 Å². The number of hydrogen-bond acceptors (Lipinski definition) is 3. The van der Waals surface area contributed by atoms with Crippen LogP contribution < -0.4 is 0 Å². The van der Waals surface area contributed by atoms with Crippen molar-refractivity contribution in [2.75, 3.05) is 6.61 Å². The predicted molar refractivity (Wildman–Crippen MR) is 80.9 cm³/mol. The molecule has 1 saturated heterocycles. The number of imidazole rings is 1. The smallest absolute Gasteiger partial charge is 0.0948 e. The highest BCUT2D eigenvalue weighted by molar-refractivity contribution is 5.82. The Balaban J connectivity index is 1.68. The summed E-state index contributed by atoms with van der Waals surface area (Å²) in [6.07, 6.45) is 9.75. The quantitative estimate of drug-likeness (QED) is 0.720. The molecule has 3 heterocycles. The van der Waals surface area contributed by atoms with Gasteiger partial charge in [-0.25, -0.2) is 4.98 Å². The second-order valence-electron chi connectivity index (χ2n) is 5.46. The highest BCUT2D eigenvalue weighted by Gasteiger charge is 2.25. The average Bonchev–Trinajstić information content (AvgIpc) is 3.09. The Labute approximate surface area is 123 Å². The maximum atomic E-state index is 6.04. The van der Waals surface area contributed by atoms with Gasteiger partial charge >= 0.3 is 0 Å². The fraction of sp³-hybridized carbons (Fsp3) is 0.294. The molecule has 4 nitrogen and oxygen atoms in total. The van der Waals surface area contributed by atoms with Crippen LogP contribution in [-0.2, 0) is 4.74 Å². The van der Waals surface area contributed by atoms with Crippen molar-refractivity contribution in [3.05, 3.63) is 60.8 Å². The van der Waals surface area contributed by atoms with E-state index < -0.39 is 0 Å². The molecule has 0 aliphatic carbocycles. The van der Waals surface area contributed by atoms with E-state index in [0.29, 0.717) is 6.04 Å². The van der Waals surface area contributed by atoms with Gasteiger partial charge in [0.1, 0.15) is 0 Å². The largest absolute Gasteiger partial charge is 0.373 e. The molecule has 0 amide bonds. The van der Waals surface area contributed by atoms with E-state index in [1.807, 2.05) is 31.0 Å². The van der Waals surface area contributed by atoms with Gasteiger partial charge in [0.15, 0.2) is 0 Å². The first-order valence-electron chi connectivity index (χ1n) is 7.34. The van der Waals surface area contributed by atoms with Crippen LogP contribution in [0.3, 0.4) is 0 Å². The molecule has 0 bridgehead atoms. The van der Waals surface area contributed by atoms with E-state index in [1.165, 1.54) is 10.9 Å². The van der Waals surface area contributed by atoms with Gasteiger partial charge in [-0.05, 0) is 30.5 Å². The molecule has 2 unspecified atom stereocenters. The number of fused-ring (bicyclic) bond motifs is 1. The minimum Gasteiger partial charge on any atom is -0.373 e. The zero-order valence-electron chi connectivity index (χ0n) is 11.7. The molecule has 2 aromatic heterocycles. The lowest BCUT2D eigenvalue weighted by atomic mass is 9.94. The highest BCUT2D eigenvalue weighted by Crippen LogP contribution is 2.36. The fourth-order valence-corrected chi connectivity index (χ4v) is 3.16. The van der Waals surface area contributed by atoms with E-state index in [1.54, 1.807) is 0 Å². The molecule has 1 aliphatic heterocycles. The summed E-state index contributed by atoms with van der Waals surface area (Å²) in [5.41, 5.74) is 2.27. The van der Waals surface area contributed by atoms with Crippen molar-refractivity contribution in [1.82, 2.24) is 14.5 Å². The van der Waals surface area contributed by atoms with Crippen molar-refractivity contribution in [3.63, 3.8) is 0 Å². The van der Waals surface area contributed by atoms with Gasteiger partial charge in [-0.2, -0.15) is 0 Å². The Morgan fingerprint density at radius 2 is 2.14 bits per heavy atom. The topological polar surface area (TPSA) is 39.9 Å². The summed E-state index contributed by atoms with van der Waals surface area (Å²) in [5.74, 6) is 0. The first kappa shape index (κ1) is 12.5. The highest BCUT2D eigenvalue weighted by atomic mass is 16.5. The van der Waals surface area contributed by atoms with Crippen LogP contribution in [0.1, 0.15) is 30.6 Å². The summed E-state index contributed by atoms with van der Waals surface area (Å²) in [6.45, 7) is 0.782. The number of aromatic nitrogens is 3. The van der Waals surface area contributed by atoms with Gasteiger partial charge in [-0.3, -0.25) is 4.98 Å². The van der Waals surface area contributed by atoms with E-state index >= 15 is 0 Å². The summed E-state index contributed by atoms with van der Waals surface area (Å²) in [7, 11) is 0. The predicted octanol–water partition coefficient (Wildman–Crippen LogP) is 3.52. The van der Waals surface area contributed by atoms with Gasteiger partial charge in [0.05, 0.1) is 17.9 Å². The van der Waals surface area contributed by atoms with Gasteiger partial charge in [0.25, 0.3) is 0 Å². The van der Waals surface area contributed by atoms with Crippen LogP contribution in [0.25, 0.3) is 10.9 Å². The maximum absolute atomic E-state index is 6.04. The van der Waals surface area contributed by atoms with Crippen LogP contribution in [0.4, 0.5) is 0 Å². The third kappa shape index (κ3) is 2.32. The van der Waals surface area contributed by atoms with Crippen LogP contribution in [0.2, 0.25) is 0 Å². The van der Waals surface area contributed by atoms with E-state index in [2.05, 4.69) is 38.8 Å². The van der Waals surface area contributed by atoms with Gasteiger partial charge < -0.3 is 9.30 Å². The Kier molecular flexibility index (Phi) is 3.16. The monoisotopic (exact) mass is 279 g/mol. The molecule has 4 rings (SSSR count). The number of hydrogen-bond donors (Lipinski definition) is 0. The average molecular weight is 279 g/mol. The molecule has 0 spiro atoms. The van der Waals surface area contributed by atoms with Crippen LogP contribution in [-0.4, -0.2) is 21.1 Å². The second-order valence-corrected chi connectivity index (χ2v) is 5.46. The minimum absolute atomic E-state index is 0.124. The minimum atomic E-state index is 0.124. The summed E-state index contributed by atoms with van der Waals surface area (Å²) < 4.78 is 8.23. The molecule has 0 radical (unpaired) electrons. The summed E-state index contributed by atoms with van der Waals surface area (Å²) in [6, 6.07) is 10.8. The van der Waals surface area contributed by atoms with Gasteiger partial charge in [0, 0.05) is 36.6 Å². The third-order valence-corrected chi connectivity index (χ3v) is 4.23. The second kappa shape index (κ2) is 5.30. The molecular formula is C17H17N3O. The normalized spacial score (nSPS) is 22.5. The first-order chi connectivity index (χ1) is 10.4. The summed E-state index contributed by atoms with van der Waals surface area (Å²) in [5, 5.41) is 1.19. The van der Waals surface area contributed by atoms with Crippen molar-refractivity contribution < 1.29 is 4.74 Å². The van der Waals surface area contributed by atoms with Crippen molar-refractivity contribution in [3.8, 4) is 0 Å². The summed E-state index contributed by atoms with van der Waals surface area (Å²) >= 11 is 0. The van der Waals surface area contributed by atoms with Crippen LogP contribution >= 0.6 is 0 Å². The fourth-order valence-electron chi connectivity index (χ4n) is 3.16. The zero-order valence-corrected chi connectivity index (χ0v) is 11.7. The number of nitrogens with zero attached hydrogens (tertiary/aromatic N) is 3. The van der Waals surface area contributed by atoms with E-state index in [0.717, 1.165) is 25.0 Å². The van der Waals surface area contributed by atoms with Crippen LogP contribution in [0, 0.1) is 0 Å². The first-order valence-corrected chi connectivity index (χ1v) is 7.34. The number of pyridine rings is 1. The maximum Gasteiger partial charge on any atom is 0.0948 e. The molecule has 106 valence electrons. The number of benzene rings is 1. The van der Waals surface area contributed by atoms with Gasteiger partial charge in [-0.1, -0.05) is 18.2 Å². The molecule has 1 aliphatic rings. The van der Waals surface area contributed by atoms with Crippen LogP contribution in [0.5, 0.6) is 0 Å². The number of rotatable bonds is 2. The summed E-state index contributed by atoms with van der Waals surface area (Å²) in [4.78, 5) is 8.59. The number of ether oxygens (including phenoxy) is 1. The molecule has 2 atom stereocenters. The molecule has 1 aromatic carbocycles. The van der Waals surface area contributed by atoms with Crippen molar-refractivity contribution in [2.45, 2.75) is 25.0 Å². The lowest BCUT2D eigenvalue weighted by Gasteiger charge is -2.31. The Morgan fingerprint density at radius 3 is 3.05 bits per heavy atom. The molecule has 3 aromatic rings. The van der Waals surface area contributed by atoms with E-state index in [-0.39, 0.29) is 6.10 Å². The third-order valence-electron chi connectivity index (χ3n) is 4.23. The van der Waals surface area contributed by atoms with E-state index in [4.69, 9.17) is 4.74 Å². The lowest BCUT2D eigenvalue weighted by Crippen LogP contribution is -2.22. The SMILES string of the molecule is c1cc(C2CC(n3ccnc3)CCO2)c2cccnc2c1. The van der Waals surface area contributed by atoms with Crippen LogP contribution in [0.15, 0.2) is 55.2 Å². The molecule has 0 N–H and O–H groups in total. The molecular weight excluding hydrogens is 262 g/mol. The van der Waals surface area contributed by atoms with Crippen molar-refractivity contribution >= 4 is 10.9 Å². The molecule has 1 fully saturated rings. The molecule has 4 heteroatoms. The standard InChI is InChI=1S/C17H17N3O/c1-3-15(14-4-2-7-19-16(14)5-1)17-11-13(6-10-21-17)20-9-8-18-12-20/h1-5,7-9,12-13,17H,6,10-11H2. The Morgan fingerprint density at radius 1 is 1.14 bits per heavy atom. The van der Waals surface area contributed by atoms with Gasteiger partial charge in [0.2, 0.25) is 0 Å². The Hall–Kier alpha value is -2.20. The Bertz CT molecular complexity index is 733.